The van der Waals surface area contributed by atoms with Gasteiger partial charge in [-0.05, 0) is 20.3 Å². The van der Waals surface area contributed by atoms with Crippen molar-refractivity contribution in [3.63, 3.8) is 0 Å². The van der Waals surface area contributed by atoms with E-state index in [0.717, 1.165) is 30.8 Å². The van der Waals surface area contributed by atoms with Gasteiger partial charge >= 0.3 is 0 Å². The summed E-state index contributed by atoms with van der Waals surface area (Å²) in [5.41, 5.74) is 0.107. The number of hydrogen-bond acceptors (Lipinski definition) is 2. The normalized spacial score (nSPS) is 29.0. The van der Waals surface area contributed by atoms with E-state index in [2.05, 4.69) is 34.9 Å². The highest BCUT2D eigenvalue weighted by molar-refractivity contribution is 4.74. The molecule has 3 heteroatoms. The molecule has 1 unspecified atom stereocenters. The molecule has 0 amide bonds. The third-order valence-corrected chi connectivity index (χ3v) is 2.82. The van der Waals surface area contributed by atoms with E-state index in [4.69, 9.17) is 9.47 Å². The maximum absolute atomic E-state index is 5.81. The predicted octanol–water partition coefficient (Wildman–Crippen LogP) is 2.22. The topological polar surface area (TPSA) is 18.5 Å². The maximum Gasteiger partial charge on any atom is 0.185 e. The lowest BCUT2D eigenvalue weighted by Crippen LogP contribution is -2.58. The van der Waals surface area contributed by atoms with Gasteiger partial charge in [-0.15, -0.1) is 0 Å². The standard InChI is InChI=1S/C12H26NO2/c1-6-7-8-14-11-12(2,3)9-13(4,5)10-15-11/h11H,6-10H2,1-5H3/q+1. The van der Waals surface area contributed by atoms with Crippen LogP contribution in [0.15, 0.2) is 0 Å². The molecule has 0 radical (unpaired) electrons. The van der Waals surface area contributed by atoms with Gasteiger partial charge in [0.05, 0.1) is 26.1 Å². The Bertz CT molecular complexity index is 202. The number of nitrogens with zero attached hydrogens (tertiary/aromatic N) is 1. The van der Waals surface area contributed by atoms with E-state index in [-0.39, 0.29) is 11.7 Å². The van der Waals surface area contributed by atoms with E-state index in [1.165, 1.54) is 6.42 Å². The molecule has 1 heterocycles. The molecule has 90 valence electrons. The van der Waals surface area contributed by atoms with E-state index in [1.807, 2.05) is 0 Å². The first kappa shape index (κ1) is 12.9. The van der Waals surface area contributed by atoms with E-state index < -0.39 is 0 Å². The summed E-state index contributed by atoms with van der Waals surface area (Å²) in [6.07, 6.45) is 2.26. The van der Waals surface area contributed by atoms with Crippen LogP contribution >= 0.6 is 0 Å². The third-order valence-electron chi connectivity index (χ3n) is 2.82. The summed E-state index contributed by atoms with van der Waals surface area (Å²) in [6.45, 7) is 9.30. The van der Waals surface area contributed by atoms with Gasteiger partial charge in [0, 0.05) is 6.61 Å². The summed E-state index contributed by atoms with van der Waals surface area (Å²) in [5, 5.41) is 0. The fraction of sp³-hybridized carbons (Fsp3) is 1.00. The Morgan fingerprint density at radius 1 is 1.40 bits per heavy atom. The number of unbranched alkanes of at least 4 members (excludes halogenated alkanes) is 1. The van der Waals surface area contributed by atoms with Gasteiger partial charge in [-0.2, -0.15) is 0 Å². The van der Waals surface area contributed by atoms with Crippen LogP contribution in [0.5, 0.6) is 0 Å². The molecule has 1 aliphatic rings. The molecule has 3 nitrogen and oxygen atoms in total. The van der Waals surface area contributed by atoms with Crippen molar-refractivity contribution in [2.24, 2.45) is 5.41 Å². The maximum atomic E-state index is 5.81. The minimum absolute atomic E-state index is 0.0322. The van der Waals surface area contributed by atoms with Crippen LogP contribution in [0.3, 0.4) is 0 Å². The lowest BCUT2D eigenvalue weighted by molar-refractivity contribution is -0.929. The van der Waals surface area contributed by atoms with Gasteiger partial charge in [0.1, 0.15) is 0 Å². The SMILES string of the molecule is CCCCOC1OC[N+](C)(C)CC1(C)C. The second-order valence-corrected chi connectivity index (χ2v) is 5.93. The molecule has 0 aromatic heterocycles. The van der Waals surface area contributed by atoms with Crippen LogP contribution in [0.4, 0.5) is 0 Å². The number of ether oxygens (including phenoxy) is 2. The van der Waals surface area contributed by atoms with Crippen LogP contribution in [0.25, 0.3) is 0 Å². The quantitative estimate of drug-likeness (QED) is 0.530. The molecule has 1 saturated heterocycles. The van der Waals surface area contributed by atoms with Crippen LogP contribution in [-0.4, -0.2) is 44.8 Å². The monoisotopic (exact) mass is 216 g/mol. The summed E-state index contributed by atoms with van der Waals surface area (Å²) in [5.74, 6) is 0. The molecule has 0 spiro atoms. The fourth-order valence-electron chi connectivity index (χ4n) is 2.33. The summed E-state index contributed by atoms with van der Waals surface area (Å²) in [4.78, 5) is 0. The lowest BCUT2D eigenvalue weighted by Gasteiger charge is -2.46. The summed E-state index contributed by atoms with van der Waals surface area (Å²) in [7, 11) is 4.40. The van der Waals surface area contributed by atoms with Crippen molar-refractivity contribution < 1.29 is 14.0 Å². The molecule has 1 aliphatic heterocycles. The van der Waals surface area contributed by atoms with Gasteiger partial charge in [-0.25, -0.2) is 0 Å². The molecule has 0 N–H and O–H groups in total. The van der Waals surface area contributed by atoms with Crippen molar-refractivity contribution in [3.05, 3.63) is 0 Å². The zero-order valence-electron chi connectivity index (χ0n) is 10.9. The first-order chi connectivity index (χ1) is 6.87. The highest BCUT2D eigenvalue weighted by Gasteiger charge is 2.43. The molecule has 0 aromatic rings. The smallest absolute Gasteiger partial charge is 0.185 e. The first-order valence-corrected chi connectivity index (χ1v) is 5.92. The molecule has 1 atom stereocenters. The Hall–Kier alpha value is -0.120. The van der Waals surface area contributed by atoms with Gasteiger partial charge in [0.25, 0.3) is 0 Å². The molecule has 15 heavy (non-hydrogen) atoms. The van der Waals surface area contributed by atoms with Gasteiger partial charge in [0.2, 0.25) is 0 Å². The second-order valence-electron chi connectivity index (χ2n) is 5.93. The lowest BCUT2D eigenvalue weighted by atomic mass is 9.90. The van der Waals surface area contributed by atoms with Crippen molar-refractivity contribution >= 4 is 0 Å². The molecular weight excluding hydrogens is 190 g/mol. The Morgan fingerprint density at radius 2 is 2.07 bits per heavy atom. The number of hydrogen-bond donors (Lipinski definition) is 0. The van der Waals surface area contributed by atoms with Crippen molar-refractivity contribution in [2.75, 3.05) is 34.0 Å². The van der Waals surface area contributed by atoms with Gasteiger partial charge < -0.3 is 14.0 Å². The minimum atomic E-state index is -0.0322. The molecule has 0 aromatic carbocycles. The average molecular weight is 216 g/mol. The highest BCUT2D eigenvalue weighted by Crippen LogP contribution is 2.32. The van der Waals surface area contributed by atoms with Crippen molar-refractivity contribution in [1.29, 1.82) is 0 Å². The molecule has 0 bridgehead atoms. The molecule has 1 rings (SSSR count). The zero-order valence-corrected chi connectivity index (χ0v) is 10.9. The van der Waals surface area contributed by atoms with Crippen LogP contribution in [0, 0.1) is 5.41 Å². The number of quaternary nitrogens is 1. The van der Waals surface area contributed by atoms with Crippen LogP contribution in [0.1, 0.15) is 33.6 Å². The van der Waals surface area contributed by atoms with Gasteiger partial charge in [0.15, 0.2) is 13.0 Å². The molecule has 1 fully saturated rings. The summed E-state index contributed by atoms with van der Waals surface area (Å²) in [6, 6.07) is 0. The van der Waals surface area contributed by atoms with Crippen molar-refractivity contribution in [1.82, 2.24) is 0 Å². The van der Waals surface area contributed by atoms with Crippen LogP contribution in [0.2, 0.25) is 0 Å². The van der Waals surface area contributed by atoms with E-state index in [0.29, 0.717) is 0 Å². The predicted molar refractivity (Wildman–Crippen MR) is 61.4 cm³/mol. The van der Waals surface area contributed by atoms with Crippen LogP contribution < -0.4 is 0 Å². The molecule has 0 saturated carbocycles. The Balaban J connectivity index is 2.45. The largest absolute Gasteiger partial charge is 0.352 e. The fourth-order valence-corrected chi connectivity index (χ4v) is 2.33. The van der Waals surface area contributed by atoms with Gasteiger partial charge in [-0.1, -0.05) is 13.3 Å². The molecule has 0 aliphatic carbocycles. The Kier molecular flexibility index (Phi) is 4.15. The van der Waals surface area contributed by atoms with Gasteiger partial charge in [-0.3, -0.25) is 0 Å². The van der Waals surface area contributed by atoms with E-state index in [9.17, 15) is 0 Å². The summed E-state index contributed by atoms with van der Waals surface area (Å²) >= 11 is 0. The molecular formula is C12H26NO2+. The average Bonchev–Trinajstić information content (AvgIpc) is 2.06. The second kappa shape index (κ2) is 4.81. The van der Waals surface area contributed by atoms with E-state index in [1.54, 1.807) is 0 Å². The minimum Gasteiger partial charge on any atom is -0.352 e. The first-order valence-electron chi connectivity index (χ1n) is 5.92. The Labute approximate surface area is 93.9 Å². The van der Waals surface area contributed by atoms with Crippen molar-refractivity contribution in [2.45, 2.75) is 39.9 Å². The Morgan fingerprint density at radius 3 is 2.60 bits per heavy atom. The van der Waals surface area contributed by atoms with E-state index >= 15 is 0 Å². The third kappa shape index (κ3) is 3.74. The van der Waals surface area contributed by atoms with Crippen LogP contribution in [-0.2, 0) is 9.47 Å². The summed E-state index contributed by atoms with van der Waals surface area (Å²) < 4.78 is 12.5. The zero-order chi connectivity index (χ0) is 11.5. The highest BCUT2D eigenvalue weighted by atomic mass is 16.7. The number of rotatable bonds is 4. The van der Waals surface area contributed by atoms with Crippen molar-refractivity contribution in [3.8, 4) is 0 Å².